The van der Waals surface area contributed by atoms with Crippen molar-refractivity contribution in [2.45, 2.75) is 37.4 Å². The highest BCUT2D eigenvalue weighted by atomic mass is 19.4. The van der Waals surface area contributed by atoms with E-state index >= 15 is 0 Å². The van der Waals surface area contributed by atoms with Crippen LogP contribution in [0.1, 0.15) is 36.4 Å². The van der Waals surface area contributed by atoms with Gasteiger partial charge in [0.15, 0.2) is 5.65 Å². The van der Waals surface area contributed by atoms with E-state index in [0.717, 1.165) is 30.4 Å². The zero-order valence-corrected chi connectivity index (χ0v) is 13.3. The molecule has 1 unspecified atom stereocenters. The van der Waals surface area contributed by atoms with Gasteiger partial charge in [0.1, 0.15) is 5.69 Å². The number of aromatic amines is 1. The van der Waals surface area contributed by atoms with Crippen LogP contribution in [0.15, 0.2) is 36.5 Å². The number of nitrogens with one attached hydrogen (secondary N) is 1. The summed E-state index contributed by atoms with van der Waals surface area (Å²) in [6.45, 7) is 0. The van der Waals surface area contributed by atoms with Crippen LogP contribution in [0.25, 0.3) is 22.2 Å². The smallest absolute Gasteiger partial charge is 0.327 e. The topological polar surface area (TPSA) is 67.6 Å². The molecule has 4 rings (SSSR count). The standard InChI is InChI=1S/C18H17F3N4/c19-18(20,21)16-15-13(7-8-23-17(15)25-24-16)11-4-1-3-10(9-11)12-5-2-6-14(12)22/h1,3-4,7-9,12,14H,2,5-6,22H2,(H,23,24,25)/t12-,14?/m0/s1. The molecule has 1 saturated carbocycles. The first-order chi connectivity index (χ1) is 11.9. The molecule has 2 aromatic heterocycles. The summed E-state index contributed by atoms with van der Waals surface area (Å²) in [6, 6.07) is 9.32. The zero-order valence-electron chi connectivity index (χ0n) is 13.3. The Morgan fingerprint density at radius 2 is 2.00 bits per heavy atom. The normalized spacial score (nSPS) is 21.1. The third-order valence-electron chi connectivity index (χ3n) is 4.93. The van der Waals surface area contributed by atoms with Crippen molar-refractivity contribution >= 4 is 11.0 Å². The number of fused-ring (bicyclic) bond motifs is 1. The highest BCUT2D eigenvalue weighted by Gasteiger charge is 2.36. The van der Waals surface area contributed by atoms with Gasteiger partial charge in [0.2, 0.25) is 0 Å². The lowest BCUT2D eigenvalue weighted by Gasteiger charge is -2.17. The Balaban J connectivity index is 1.86. The monoisotopic (exact) mass is 346 g/mol. The number of aromatic nitrogens is 3. The molecule has 1 fully saturated rings. The largest absolute Gasteiger partial charge is 0.433 e. The Morgan fingerprint density at radius 1 is 1.16 bits per heavy atom. The Bertz CT molecular complexity index is 916. The molecule has 3 aromatic rings. The van der Waals surface area contributed by atoms with Gasteiger partial charge in [-0.2, -0.15) is 18.3 Å². The zero-order chi connectivity index (χ0) is 17.6. The Hall–Kier alpha value is -2.41. The van der Waals surface area contributed by atoms with Crippen molar-refractivity contribution in [1.29, 1.82) is 0 Å². The van der Waals surface area contributed by atoms with Crippen molar-refractivity contribution in [3.63, 3.8) is 0 Å². The van der Waals surface area contributed by atoms with E-state index in [0.29, 0.717) is 5.56 Å². The molecule has 0 amide bonds. The second kappa shape index (κ2) is 5.84. The van der Waals surface area contributed by atoms with Gasteiger partial charge in [-0.3, -0.25) is 5.10 Å². The number of halogens is 3. The highest BCUT2D eigenvalue weighted by Crippen LogP contribution is 2.39. The summed E-state index contributed by atoms with van der Waals surface area (Å²) in [4.78, 5) is 3.95. The van der Waals surface area contributed by atoms with Crippen LogP contribution in [-0.4, -0.2) is 21.2 Å². The van der Waals surface area contributed by atoms with Crippen LogP contribution in [0.2, 0.25) is 0 Å². The Morgan fingerprint density at radius 3 is 2.72 bits per heavy atom. The molecule has 2 heterocycles. The van der Waals surface area contributed by atoms with Crippen molar-refractivity contribution in [3.8, 4) is 11.1 Å². The first kappa shape index (κ1) is 16.1. The van der Waals surface area contributed by atoms with Gasteiger partial charge >= 0.3 is 6.18 Å². The second-order valence-corrected chi connectivity index (χ2v) is 6.48. The van der Waals surface area contributed by atoms with Crippen LogP contribution >= 0.6 is 0 Å². The summed E-state index contributed by atoms with van der Waals surface area (Å²) in [6.07, 6.45) is 0.0321. The maximum atomic E-state index is 13.3. The van der Waals surface area contributed by atoms with Crippen molar-refractivity contribution in [3.05, 3.63) is 47.8 Å². The molecular formula is C18H17F3N4. The fraction of sp³-hybridized carbons (Fsp3) is 0.333. The molecule has 0 aliphatic heterocycles. The lowest BCUT2D eigenvalue weighted by molar-refractivity contribution is -0.139. The van der Waals surface area contributed by atoms with Crippen LogP contribution in [0, 0.1) is 0 Å². The molecule has 0 bridgehead atoms. The predicted octanol–water partition coefficient (Wildman–Crippen LogP) is 4.24. The van der Waals surface area contributed by atoms with Crippen molar-refractivity contribution in [2.75, 3.05) is 0 Å². The minimum Gasteiger partial charge on any atom is -0.327 e. The molecule has 0 radical (unpaired) electrons. The van der Waals surface area contributed by atoms with Gasteiger partial charge in [0.25, 0.3) is 0 Å². The van der Waals surface area contributed by atoms with Crippen LogP contribution in [-0.2, 0) is 6.18 Å². The molecular weight excluding hydrogens is 329 g/mol. The molecule has 25 heavy (non-hydrogen) atoms. The number of hydrogen-bond acceptors (Lipinski definition) is 3. The number of alkyl halides is 3. The quantitative estimate of drug-likeness (QED) is 0.729. The second-order valence-electron chi connectivity index (χ2n) is 6.48. The van der Waals surface area contributed by atoms with E-state index in [-0.39, 0.29) is 23.0 Å². The number of hydrogen-bond donors (Lipinski definition) is 2. The average molecular weight is 346 g/mol. The summed E-state index contributed by atoms with van der Waals surface area (Å²) < 4.78 is 39.9. The Labute approximate surface area is 142 Å². The van der Waals surface area contributed by atoms with E-state index in [1.807, 2.05) is 24.3 Å². The molecule has 0 saturated heterocycles. The summed E-state index contributed by atoms with van der Waals surface area (Å²) in [5, 5.41) is 5.79. The maximum Gasteiger partial charge on any atom is 0.433 e. The van der Waals surface area contributed by atoms with E-state index in [4.69, 9.17) is 5.73 Å². The fourth-order valence-electron chi connectivity index (χ4n) is 3.73. The SMILES string of the molecule is NC1CCC[C@H]1c1cccc(-c2ccnc3n[nH]c(C(F)(F)F)c23)c1. The van der Waals surface area contributed by atoms with Gasteiger partial charge in [0.05, 0.1) is 5.39 Å². The molecule has 130 valence electrons. The van der Waals surface area contributed by atoms with Crippen LogP contribution in [0.4, 0.5) is 13.2 Å². The third-order valence-corrected chi connectivity index (χ3v) is 4.93. The minimum atomic E-state index is -4.52. The van der Waals surface area contributed by atoms with E-state index in [1.54, 1.807) is 6.07 Å². The summed E-state index contributed by atoms with van der Waals surface area (Å²) in [5.41, 5.74) is 7.64. The average Bonchev–Trinajstić information content (AvgIpc) is 3.20. The predicted molar refractivity (Wildman–Crippen MR) is 88.9 cm³/mol. The molecule has 4 nitrogen and oxygen atoms in total. The number of nitrogens with two attached hydrogens (primary N) is 1. The number of pyridine rings is 1. The fourth-order valence-corrected chi connectivity index (χ4v) is 3.73. The third kappa shape index (κ3) is 2.78. The van der Waals surface area contributed by atoms with Gasteiger partial charge in [0, 0.05) is 12.2 Å². The lowest BCUT2D eigenvalue weighted by Crippen LogP contribution is -2.22. The molecule has 0 spiro atoms. The van der Waals surface area contributed by atoms with Crippen molar-refractivity contribution in [1.82, 2.24) is 15.2 Å². The van der Waals surface area contributed by atoms with Gasteiger partial charge < -0.3 is 5.73 Å². The Kier molecular flexibility index (Phi) is 3.76. The van der Waals surface area contributed by atoms with Gasteiger partial charge in [-0.15, -0.1) is 0 Å². The number of nitrogens with zero attached hydrogens (tertiary/aromatic N) is 2. The van der Waals surface area contributed by atoms with Crippen LogP contribution in [0.3, 0.4) is 0 Å². The number of benzene rings is 1. The van der Waals surface area contributed by atoms with Crippen LogP contribution < -0.4 is 5.73 Å². The highest BCUT2D eigenvalue weighted by molar-refractivity contribution is 5.94. The molecule has 1 aliphatic carbocycles. The summed E-state index contributed by atoms with van der Waals surface area (Å²) >= 11 is 0. The van der Waals surface area contributed by atoms with E-state index in [1.165, 1.54) is 6.20 Å². The van der Waals surface area contributed by atoms with Crippen molar-refractivity contribution in [2.24, 2.45) is 5.73 Å². The number of H-pyrrole nitrogens is 1. The molecule has 7 heteroatoms. The van der Waals surface area contributed by atoms with Crippen molar-refractivity contribution < 1.29 is 13.2 Å². The lowest BCUT2D eigenvalue weighted by atomic mass is 9.91. The summed E-state index contributed by atoms with van der Waals surface area (Å²) in [7, 11) is 0. The van der Waals surface area contributed by atoms with E-state index < -0.39 is 11.9 Å². The van der Waals surface area contributed by atoms with E-state index in [9.17, 15) is 13.2 Å². The van der Waals surface area contributed by atoms with Crippen LogP contribution in [0.5, 0.6) is 0 Å². The molecule has 3 N–H and O–H groups in total. The van der Waals surface area contributed by atoms with Gasteiger partial charge in [-0.1, -0.05) is 30.7 Å². The molecule has 1 aliphatic rings. The molecule has 2 atom stereocenters. The molecule has 1 aromatic carbocycles. The van der Waals surface area contributed by atoms with E-state index in [2.05, 4.69) is 15.2 Å². The van der Waals surface area contributed by atoms with Gasteiger partial charge in [-0.05, 0) is 41.5 Å². The van der Waals surface area contributed by atoms with Gasteiger partial charge in [-0.25, -0.2) is 4.98 Å². The first-order valence-corrected chi connectivity index (χ1v) is 8.21. The first-order valence-electron chi connectivity index (χ1n) is 8.21. The number of rotatable bonds is 2. The minimum absolute atomic E-state index is 0.00266. The summed E-state index contributed by atoms with van der Waals surface area (Å²) in [5.74, 6) is 0.253. The maximum absolute atomic E-state index is 13.3.